The largest absolute Gasteiger partial charge is 0.381 e. The highest BCUT2D eigenvalue weighted by Crippen LogP contribution is 2.19. The fourth-order valence-corrected chi connectivity index (χ4v) is 2.62. The van der Waals surface area contributed by atoms with Gasteiger partial charge in [-0.3, -0.25) is 9.69 Å². The van der Waals surface area contributed by atoms with Crippen LogP contribution in [0.2, 0.25) is 0 Å². The van der Waals surface area contributed by atoms with E-state index < -0.39 is 0 Å². The van der Waals surface area contributed by atoms with Crippen molar-refractivity contribution in [2.24, 2.45) is 5.92 Å². The lowest BCUT2D eigenvalue weighted by atomic mass is 9.93. The van der Waals surface area contributed by atoms with Gasteiger partial charge >= 0.3 is 0 Å². The number of hydrogen-bond acceptors (Lipinski definition) is 4. The molecule has 2 rings (SSSR count). The summed E-state index contributed by atoms with van der Waals surface area (Å²) in [6.45, 7) is 7.03. The van der Waals surface area contributed by atoms with E-state index in [2.05, 4.69) is 11.8 Å². The zero-order chi connectivity index (χ0) is 12.1. The molecule has 2 heterocycles. The summed E-state index contributed by atoms with van der Waals surface area (Å²) in [7, 11) is 0. The van der Waals surface area contributed by atoms with Gasteiger partial charge in [0.25, 0.3) is 0 Å². The Morgan fingerprint density at radius 2 is 2.29 bits per heavy atom. The van der Waals surface area contributed by atoms with Crippen LogP contribution in [0, 0.1) is 5.92 Å². The van der Waals surface area contributed by atoms with Crippen LogP contribution in [0.15, 0.2) is 0 Å². The van der Waals surface area contributed by atoms with Crippen molar-refractivity contribution in [3.05, 3.63) is 0 Å². The number of rotatable bonds is 4. The third kappa shape index (κ3) is 3.50. The minimum absolute atomic E-state index is 0.0651. The Morgan fingerprint density at radius 3 is 3.00 bits per heavy atom. The number of morpholine rings is 1. The Labute approximate surface area is 103 Å². The van der Waals surface area contributed by atoms with Crippen LogP contribution in [-0.4, -0.2) is 56.2 Å². The maximum atomic E-state index is 12.3. The molecule has 0 amide bonds. The van der Waals surface area contributed by atoms with Gasteiger partial charge in [0.1, 0.15) is 6.10 Å². The monoisotopic (exact) mass is 241 g/mol. The molecule has 0 bridgehead atoms. The molecule has 2 aliphatic heterocycles. The molecule has 17 heavy (non-hydrogen) atoms. The summed E-state index contributed by atoms with van der Waals surface area (Å²) in [6, 6.07) is 0. The first-order valence-corrected chi connectivity index (χ1v) is 6.76. The molecule has 0 saturated carbocycles. The van der Waals surface area contributed by atoms with Crippen LogP contribution in [0.4, 0.5) is 0 Å². The highest BCUT2D eigenvalue weighted by atomic mass is 16.5. The first-order valence-electron chi connectivity index (χ1n) is 6.76. The minimum atomic E-state index is -0.220. The molecule has 0 radical (unpaired) electrons. The van der Waals surface area contributed by atoms with Crippen molar-refractivity contribution >= 4 is 5.78 Å². The molecule has 2 unspecified atom stereocenters. The van der Waals surface area contributed by atoms with Crippen molar-refractivity contribution in [3.8, 4) is 0 Å². The highest BCUT2D eigenvalue weighted by Gasteiger charge is 2.32. The number of carbonyl (C=O) groups excluding carboxylic acids is 1. The Morgan fingerprint density at radius 1 is 1.41 bits per heavy atom. The Kier molecular flexibility index (Phi) is 4.95. The average Bonchev–Trinajstić information content (AvgIpc) is 2.40. The van der Waals surface area contributed by atoms with Gasteiger partial charge in [0, 0.05) is 25.6 Å². The average molecular weight is 241 g/mol. The molecule has 4 nitrogen and oxygen atoms in total. The van der Waals surface area contributed by atoms with Crippen molar-refractivity contribution < 1.29 is 14.3 Å². The predicted octanol–water partition coefficient (Wildman–Crippen LogP) is 1.09. The van der Waals surface area contributed by atoms with E-state index in [1.165, 1.54) is 0 Å². The molecule has 2 saturated heterocycles. The van der Waals surface area contributed by atoms with Gasteiger partial charge in [-0.25, -0.2) is 0 Å². The zero-order valence-corrected chi connectivity index (χ0v) is 10.7. The number of hydrogen-bond donors (Lipinski definition) is 0. The van der Waals surface area contributed by atoms with Crippen LogP contribution in [-0.2, 0) is 14.3 Å². The second-order valence-corrected chi connectivity index (χ2v) is 4.98. The van der Waals surface area contributed by atoms with Crippen molar-refractivity contribution in [2.45, 2.75) is 32.3 Å². The molecule has 2 fully saturated rings. The number of Topliss-reactive ketones (excluding diaryl/α,β-unsaturated/α-hetero) is 1. The van der Waals surface area contributed by atoms with E-state index in [-0.39, 0.29) is 17.8 Å². The molecule has 4 heteroatoms. The van der Waals surface area contributed by atoms with Crippen molar-refractivity contribution in [2.75, 3.05) is 39.5 Å². The summed E-state index contributed by atoms with van der Waals surface area (Å²) >= 11 is 0. The van der Waals surface area contributed by atoms with Gasteiger partial charge in [0.2, 0.25) is 0 Å². The third-order valence-corrected chi connectivity index (χ3v) is 3.57. The Hall–Kier alpha value is -0.450. The number of ether oxygens (including phenoxy) is 2. The molecule has 2 aliphatic rings. The number of carbonyl (C=O) groups is 1. The van der Waals surface area contributed by atoms with Crippen LogP contribution >= 0.6 is 0 Å². The first-order chi connectivity index (χ1) is 8.31. The quantitative estimate of drug-likeness (QED) is 0.738. The van der Waals surface area contributed by atoms with E-state index in [9.17, 15) is 4.79 Å². The van der Waals surface area contributed by atoms with Crippen LogP contribution in [0.25, 0.3) is 0 Å². The van der Waals surface area contributed by atoms with E-state index >= 15 is 0 Å². The van der Waals surface area contributed by atoms with Gasteiger partial charge in [-0.05, 0) is 25.8 Å². The fourth-order valence-electron chi connectivity index (χ4n) is 2.62. The number of nitrogens with zero attached hydrogens (tertiary/aromatic N) is 1. The summed E-state index contributed by atoms with van der Waals surface area (Å²) in [5, 5.41) is 0. The van der Waals surface area contributed by atoms with Gasteiger partial charge < -0.3 is 9.47 Å². The maximum absolute atomic E-state index is 12.3. The third-order valence-electron chi connectivity index (χ3n) is 3.57. The van der Waals surface area contributed by atoms with E-state index in [0.29, 0.717) is 13.2 Å². The van der Waals surface area contributed by atoms with Gasteiger partial charge in [0.05, 0.1) is 13.2 Å². The first kappa shape index (κ1) is 13.0. The highest BCUT2D eigenvalue weighted by molar-refractivity contribution is 5.86. The van der Waals surface area contributed by atoms with Crippen molar-refractivity contribution in [3.63, 3.8) is 0 Å². The van der Waals surface area contributed by atoms with Gasteiger partial charge in [0.15, 0.2) is 5.78 Å². The van der Waals surface area contributed by atoms with E-state index in [4.69, 9.17) is 9.47 Å². The lowest BCUT2D eigenvalue weighted by molar-refractivity contribution is -0.144. The molecule has 0 aromatic heterocycles. The molecule has 0 aliphatic carbocycles. The molecular weight excluding hydrogens is 218 g/mol. The maximum Gasteiger partial charge on any atom is 0.168 e. The molecule has 0 aromatic carbocycles. The molecule has 2 atom stereocenters. The summed E-state index contributed by atoms with van der Waals surface area (Å²) in [6.07, 6.45) is 2.88. The lowest BCUT2D eigenvalue weighted by Gasteiger charge is -2.34. The Bertz CT molecular complexity index is 249. The Balaban J connectivity index is 1.85. The summed E-state index contributed by atoms with van der Waals surface area (Å²) in [4.78, 5) is 14.6. The topological polar surface area (TPSA) is 38.8 Å². The van der Waals surface area contributed by atoms with Crippen molar-refractivity contribution in [1.82, 2.24) is 4.90 Å². The summed E-state index contributed by atoms with van der Waals surface area (Å²) in [5.74, 6) is 0.320. The van der Waals surface area contributed by atoms with E-state index in [0.717, 1.165) is 45.5 Å². The molecular formula is C13H23NO3. The molecule has 0 N–H and O–H groups in total. The SMILES string of the molecule is CCCN1CCOC(C(=O)C2CCCOC2)C1. The normalized spacial score (nSPS) is 31.4. The van der Waals surface area contributed by atoms with Crippen LogP contribution in [0.5, 0.6) is 0 Å². The summed E-state index contributed by atoms with van der Waals surface area (Å²) in [5.41, 5.74) is 0. The van der Waals surface area contributed by atoms with Crippen molar-refractivity contribution in [1.29, 1.82) is 0 Å². The molecule has 0 aromatic rings. The van der Waals surface area contributed by atoms with Gasteiger partial charge in [-0.15, -0.1) is 0 Å². The molecule has 0 spiro atoms. The zero-order valence-electron chi connectivity index (χ0n) is 10.7. The fraction of sp³-hybridized carbons (Fsp3) is 0.923. The standard InChI is InChI=1S/C13H23NO3/c1-2-5-14-6-8-17-12(9-14)13(15)11-4-3-7-16-10-11/h11-12H,2-10H2,1H3. The second-order valence-electron chi connectivity index (χ2n) is 4.98. The smallest absolute Gasteiger partial charge is 0.168 e. The van der Waals surface area contributed by atoms with E-state index in [1.54, 1.807) is 0 Å². The predicted molar refractivity (Wildman–Crippen MR) is 65.0 cm³/mol. The van der Waals surface area contributed by atoms with Crippen LogP contribution in [0.3, 0.4) is 0 Å². The second kappa shape index (κ2) is 6.47. The molecule has 98 valence electrons. The number of ketones is 1. The van der Waals surface area contributed by atoms with E-state index in [1.807, 2.05) is 0 Å². The van der Waals surface area contributed by atoms with Crippen LogP contribution in [0.1, 0.15) is 26.2 Å². The summed E-state index contributed by atoms with van der Waals surface area (Å²) < 4.78 is 11.0. The van der Waals surface area contributed by atoms with Gasteiger partial charge in [-0.2, -0.15) is 0 Å². The lowest BCUT2D eigenvalue weighted by Crippen LogP contribution is -2.48. The van der Waals surface area contributed by atoms with Gasteiger partial charge in [-0.1, -0.05) is 6.92 Å². The minimum Gasteiger partial charge on any atom is -0.381 e. The van der Waals surface area contributed by atoms with Crippen LogP contribution < -0.4 is 0 Å².